The predicted octanol–water partition coefficient (Wildman–Crippen LogP) is 3.21. The summed E-state index contributed by atoms with van der Waals surface area (Å²) in [6, 6.07) is 12.2. The van der Waals surface area contributed by atoms with Gasteiger partial charge in [0.05, 0.1) is 0 Å². The van der Waals surface area contributed by atoms with E-state index in [9.17, 15) is 0 Å². The highest BCUT2D eigenvalue weighted by Gasteiger charge is 2.22. The van der Waals surface area contributed by atoms with Crippen LogP contribution in [0.2, 0.25) is 0 Å². The largest absolute Gasteiger partial charge is 0.313 e. The Bertz CT molecular complexity index is 330. The minimum atomic E-state index is 0.568. The zero-order valence-corrected chi connectivity index (χ0v) is 11.7. The zero-order chi connectivity index (χ0) is 12.8. The van der Waals surface area contributed by atoms with Gasteiger partial charge in [-0.1, -0.05) is 44.2 Å². The lowest BCUT2D eigenvalue weighted by Crippen LogP contribution is -2.39. The van der Waals surface area contributed by atoms with E-state index in [1.54, 1.807) is 0 Å². The van der Waals surface area contributed by atoms with Crippen molar-refractivity contribution in [3.8, 4) is 0 Å². The van der Waals surface area contributed by atoms with Crippen LogP contribution in [0.25, 0.3) is 0 Å². The fourth-order valence-electron chi connectivity index (χ4n) is 3.05. The third-order valence-electron chi connectivity index (χ3n) is 4.04. The van der Waals surface area contributed by atoms with Crippen LogP contribution in [0.3, 0.4) is 0 Å². The van der Waals surface area contributed by atoms with Crippen LogP contribution < -0.4 is 5.32 Å². The Morgan fingerprint density at radius 2 is 2.06 bits per heavy atom. The highest BCUT2D eigenvalue weighted by molar-refractivity contribution is 5.19. The van der Waals surface area contributed by atoms with E-state index in [0.717, 1.165) is 6.54 Å². The van der Waals surface area contributed by atoms with Gasteiger partial charge in [-0.15, -0.1) is 0 Å². The molecule has 1 aromatic carbocycles. The number of hydrogen-bond acceptors (Lipinski definition) is 2. The smallest absolute Gasteiger partial charge is 0.0346 e. The zero-order valence-electron chi connectivity index (χ0n) is 11.7. The first-order valence-corrected chi connectivity index (χ1v) is 7.37. The standard InChI is InChI=1S/C16H26N2/c1-3-16(14-9-6-5-7-10-14)18(4-2)13-15-11-8-12-17-15/h5-7,9-10,15-17H,3-4,8,11-13H2,1-2H3. The second-order valence-electron chi connectivity index (χ2n) is 5.22. The molecule has 0 radical (unpaired) electrons. The molecule has 0 spiro atoms. The summed E-state index contributed by atoms with van der Waals surface area (Å²) in [4.78, 5) is 2.62. The molecular weight excluding hydrogens is 220 g/mol. The number of rotatable bonds is 6. The quantitative estimate of drug-likeness (QED) is 0.829. The fraction of sp³-hybridized carbons (Fsp3) is 0.625. The lowest BCUT2D eigenvalue weighted by molar-refractivity contribution is 0.185. The number of likely N-dealkylation sites (N-methyl/N-ethyl adjacent to an activating group) is 1. The van der Waals surface area contributed by atoms with Gasteiger partial charge in [0.1, 0.15) is 0 Å². The Labute approximate surface area is 111 Å². The molecule has 0 aromatic heterocycles. The minimum absolute atomic E-state index is 0.568. The molecule has 18 heavy (non-hydrogen) atoms. The molecule has 0 bridgehead atoms. The maximum absolute atomic E-state index is 3.61. The molecular formula is C16H26N2. The van der Waals surface area contributed by atoms with Crippen molar-refractivity contribution in [3.05, 3.63) is 35.9 Å². The van der Waals surface area contributed by atoms with Crippen molar-refractivity contribution >= 4 is 0 Å². The minimum Gasteiger partial charge on any atom is -0.313 e. The van der Waals surface area contributed by atoms with Gasteiger partial charge in [0.15, 0.2) is 0 Å². The van der Waals surface area contributed by atoms with Crippen LogP contribution in [0, 0.1) is 0 Å². The van der Waals surface area contributed by atoms with E-state index in [4.69, 9.17) is 0 Å². The SMILES string of the molecule is CCC(c1ccccc1)N(CC)CC1CCCN1. The van der Waals surface area contributed by atoms with Crippen LogP contribution in [0.4, 0.5) is 0 Å². The summed E-state index contributed by atoms with van der Waals surface area (Å²) in [7, 11) is 0. The molecule has 2 atom stereocenters. The van der Waals surface area contributed by atoms with E-state index in [2.05, 4.69) is 54.4 Å². The van der Waals surface area contributed by atoms with Crippen molar-refractivity contribution in [3.63, 3.8) is 0 Å². The van der Waals surface area contributed by atoms with Gasteiger partial charge in [-0.3, -0.25) is 4.90 Å². The highest BCUT2D eigenvalue weighted by atomic mass is 15.2. The van der Waals surface area contributed by atoms with E-state index in [0.29, 0.717) is 12.1 Å². The molecule has 2 unspecified atom stereocenters. The van der Waals surface area contributed by atoms with Crippen LogP contribution in [-0.4, -0.2) is 30.6 Å². The summed E-state index contributed by atoms with van der Waals surface area (Å²) in [5.74, 6) is 0. The van der Waals surface area contributed by atoms with Gasteiger partial charge >= 0.3 is 0 Å². The van der Waals surface area contributed by atoms with E-state index in [1.165, 1.54) is 37.9 Å². The molecule has 2 rings (SSSR count). The van der Waals surface area contributed by atoms with Gasteiger partial charge in [0, 0.05) is 18.6 Å². The van der Waals surface area contributed by atoms with E-state index < -0.39 is 0 Å². The average Bonchev–Trinajstić information content (AvgIpc) is 2.92. The van der Waals surface area contributed by atoms with Gasteiger partial charge < -0.3 is 5.32 Å². The van der Waals surface area contributed by atoms with Crippen molar-refractivity contribution in [2.24, 2.45) is 0 Å². The molecule has 0 aliphatic carbocycles. The Balaban J connectivity index is 2.03. The normalized spacial score (nSPS) is 21.4. The number of benzene rings is 1. The summed E-state index contributed by atoms with van der Waals surface area (Å²) in [6.07, 6.45) is 3.86. The molecule has 1 aliphatic heterocycles. The van der Waals surface area contributed by atoms with Gasteiger partial charge in [-0.05, 0) is 37.9 Å². The number of nitrogens with zero attached hydrogens (tertiary/aromatic N) is 1. The van der Waals surface area contributed by atoms with E-state index >= 15 is 0 Å². The molecule has 100 valence electrons. The Morgan fingerprint density at radius 3 is 2.61 bits per heavy atom. The van der Waals surface area contributed by atoms with Crippen molar-refractivity contribution in [2.75, 3.05) is 19.6 Å². The van der Waals surface area contributed by atoms with Crippen LogP contribution in [0.15, 0.2) is 30.3 Å². The molecule has 1 fully saturated rings. The van der Waals surface area contributed by atoms with Crippen molar-refractivity contribution in [1.82, 2.24) is 10.2 Å². The molecule has 1 N–H and O–H groups in total. The topological polar surface area (TPSA) is 15.3 Å². The Morgan fingerprint density at radius 1 is 1.28 bits per heavy atom. The number of nitrogens with one attached hydrogen (secondary N) is 1. The summed E-state index contributed by atoms with van der Waals surface area (Å²) in [5.41, 5.74) is 1.46. The van der Waals surface area contributed by atoms with Gasteiger partial charge in [0.2, 0.25) is 0 Å². The summed E-state index contributed by atoms with van der Waals surface area (Å²) in [6.45, 7) is 8.09. The van der Waals surface area contributed by atoms with Crippen molar-refractivity contribution in [1.29, 1.82) is 0 Å². The second-order valence-corrected chi connectivity index (χ2v) is 5.22. The first-order valence-electron chi connectivity index (χ1n) is 7.37. The molecule has 2 heteroatoms. The highest BCUT2D eigenvalue weighted by Crippen LogP contribution is 2.24. The molecule has 1 aliphatic rings. The van der Waals surface area contributed by atoms with Crippen LogP contribution in [-0.2, 0) is 0 Å². The first kappa shape index (κ1) is 13.6. The summed E-state index contributed by atoms with van der Waals surface area (Å²) < 4.78 is 0. The summed E-state index contributed by atoms with van der Waals surface area (Å²) >= 11 is 0. The number of hydrogen-bond donors (Lipinski definition) is 1. The van der Waals surface area contributed by atoms with E-state index in [1.807, 2.05) is 0 Å². The molecule has 1 saturated heterocycles. The maximum Gasteiger partial charge on any atom is 0.0346 e. The average molecular weight is 246 g/mol. The third-order valence-corrected chi connectivity index (χ3v) is 4.04. The summed E-state index contributed by atoms with van der Waals surface area (Å²) in [5, 5.41) is 3.61. The first-order chi connectivity index (χ1) is 8.85. The lowest BCUT2D eigenvalue weighted by atomic mass is 10.0. The molecule has 1 heterocycles. The van der Waals surface area contributed by atoms with Gasteiger partial charge in [-0.2, -0.15) is 0 Å². The van der Waals surface area contributed by atoms with Crippen LogP contribution >= 0.6 is 0 Å². The Kier molecular flexibility index (Phi) is 5.21. The molecule has 2 nitrogen and oxygen atoms in total. The lowest BCUT2D eigenvalue weighted by Gasteiger charge is -2.32. The molecule has 0 amide bonds. The monoisotopic (exact) mass is 246 g/mol. The predicted molar refractivity (Wildman–Crippen MR) is 77.7 cm³/mol. The second kappa shape index (κ2) is 6.91. The molecule has 1 aromatic rings. The van der Waals surface area contributed by atoms with Gasteiger partial charge in [0.25, 0.3) is 0 Å². The molecule has 0 saturated carbocycles. The van der Waals surface area contributed by atoms with Crippen LogP contribution in [0.1, 0.15) is 44.7 Å². The van der Waals surface area contributed by atoms with Crippen molar-refractivity contribution in [2.45, 2.75) is 45.2 Å². The van der Waals surface area contributed by atoms with Crippen LogP contribution in [0.5, 0.6) is 0 Å². The third kappa shape index (κ3) is 3.33. The Hall–Kier alpha value is -0.860. The van der Waals surface area contributed by atoms with E-state index in [-0.39, 0.29) is 0 Å². The van der Waals surface area contributed by atoms with Crippen molar-refractivity contribution < 1.29 is 0 Å². The van der Waals surface area contributed by atoms with Gasteiger partial charge in [-0.25, -0.2) is 0 Å². The fourth-order valence-corrected chi connectivity index (χ4v) is 3.05. The maximum atomic E-state index is 3.61.